The Bertz CT molecular complexity index is 1030. The number of nitrogens with two attached hydrogens (primary N) is 1. The lowest BCUT2D eigenvalue weighted by atomic mass is 9.92. The van der Waals surface area contributed by atoms with Crippen molar-refractivity contribution in [2.45, 2.75) is 60.4 Å². The largest absolute Gasteiger partial charge is 0.466 e. The number of esters is 1. The molecule has 36 heavy (non-hydrogen) atoms. The Labute approximate surface area is 227 Å². The lowest BCUT2D eigenvalue weighted by Crippen LogP contribution is -2.45. The van der Waals surface area contributed by atoms with E-state index in [-0.39, 0.29) is 42.7 Å². The molecule has 0 bridgehead atoms. The Kier molecular flexibility index (Phi) is 12.7. The van der Waals surface area contributed by atoms with Gasteiger partial charge in [-0.15, -0.1) is 24.8 Å². The number of carbonyl (C=O) groups excluding carboxylic acids is 2. The van der Waals surface area contributed by atoms with Gasteiger partial charge in [-0.3, -0.25) is 9.78 Å². The van der Waals surface area contributed by atoms with Crippen LogP contribution in [-0.4, -0.2) is 41.6 Å². The zero-order valence-electron chi connectivity index (χ0n) is 21.9. The molecule has 0 aliphatic carbocycles. The molecule has 200 valence electrons. The fraction of sp³-hybridized carbons (Fsp3) is 0.519. The molecule has 1 unspecified atom stereocenters. The van der Waals surface area contributed by atoms with E-state index in [1.165, 1.54) is 0 Å². The number of anilines is 1. The van der Waals surface area contributed by atoms with E-state index in [0.717, 1.165) is 52.9 Å². The number of halogens is 2. The number of urea groups is 1. The Hall–Kier alpha value is -2.35. The van der Waals surface area contributed by atoms with Crippen molar-refractivity contribution in [3.8, 4) is 11.1 Å². The van der Waals surface area contributed by atoms with Gasteiger partial charge in [0.1, 0.15) is 0 Å². The number of likely N-dealkylation sites (tertiary alicyclic amines) is 1. The average molecular weight is 540 g/mol. The summed E-state index contributed by atoms with van der Waals surface area (Å²) in [6, 6.07) is 8.03. The number of ether oxygens (including phenoxy) is 1. The van der Waals surface area contributed by atoms with Gasteiger partial charge >= 0.3 is 12.0 Å². The third kappa shape index (κ3) is 7.58. The normalized spacial score (nSPS) is 15.1. The lowest BCUT2D eigenvalue weighted by molar-refractivity contribution is -0.149. The Balaban J connectivity index is 0.00000324. The molecule has 1 aromatic carbocycles. The molecule has 1 aliphatic heterocycles. The third-order valence-corrected chi connectivity index (χ3v) is 6.27. The van der Waals surface area contributed by atoms with Crippen LogP contribution in [0.25, 0.3) is 11.1 Å². The molecule has 0 radical (unpaired) electrons. The zero-order chi connectivity index (χ0) is 24.8. The van der Waals surface area contributed by atoms with Crippen LogP contribution in [0.2, 0.25) is 0 Å². The first-order valence-corrected chi connectivity index (χ1v) is 12.3. The van der Waals surface area contributed by atoms with Crippen LogP contribution in [-0.2, 0) is 22.5 Å². The molecule has 0 saturated carbocycles. The molecule has 0 spiro atoms. The van der Waals surface area contributed by atoms with E-state index in [9.17, 15) is 9.59 Å². The minimum atomic E-state index is -0.289. The van der Waals surface area contributed by atoms with Crippen molar-refractivity contribution in [1.82, 2.24) is 9.88 Å². The highest BCUT2D eigenvalue weighted by Crippen LogP contribution is 2.36. The van der Waals surface area contributed by atoms with E-state index in [1.54, 1.807) is 11.8 Å². The highest BCUT2D eigenvalue weighted by molar-refractivity contribution is 5.96. The zero-order valence-corrected chi connectivity index (χ0v) is 23.6. The van der Waals surface area contributed by atoms with Crippen LogP contribution in [0.4, 0.5) is 10.5 Å². The SMILES string of the molecule is CCOC(=O)C1CCCN(C(=O)Nc2c(C)nc(CC(C)C)c(CN)c2-c2ccc(C)cc2)C1.Cl.Cl. The second-order valence-corrected chi connectivity index (χ2v) is 9.51. The fourth-order valence-electron chi connectivity index (χ4n) is 4.57. The van der Waals surface area contributed by atoms with Crippen molar-refractivity contribution < 1.29 is 14.3 Å². The molecule has 1 fully saturated rings. The monoisotopic (exact) mass is 538 g/mol. The van der Waals surface area contributed by atoms with Crippen LogP contribution in [0.3, 0.4) is 0 Å². The first kappa shape index (κ1) is 31.7. The number of nitrogens with zero attached hydrogens (tertiary/aromatic N) is 2. The number of pyridine rings is 1. The van der Waals surface area contributed by atoms with Gasteiger partial charge in [0.2, 0.25) is 0 Å². The summed E-state index contributed by atoms with van der Waals surface area (Å²) in [6.45, 7) is 11.7. The van der Waals surface area contributed by atoms with Gasteiger partial charge < -0.3 is 20.7 Å². The van der Waals surface area contributed by atoms with E-state index in [0.29, 0.717) is 37.8 Å². The number of hydrogen-bond acceptors (Lipinski definition) is 5. The van der Waals surface area contributed by atoms with Crippen molar-refractivity contribution in [3.63, 3.8) is 0 Å². The van der Waals surface area contributed by atoms with E-state index in [1.807, 2.05) is 6.92 Å². The molecule has 2 heterocycles. The minimum Gasteiger partial charge on any atom is -0.466 e. The van der Waals surface area contributed by atoms with Crippen molar-refractivity contribution in [1.29, 1.82) is 0 Å². The molecule has 3 rings (SSSR count). The van der Waals surface area contributed by atoms with Gasteiger partial charge in [0, 0.05) is 30.9 Å². The average Bonchev–Trinajstić information content (AvgIpc) is 2.81. The summed E-state index contributed by atoms with van der Waals surface area (Å²) in [4.78, 5) is 32.2. The van der Waals surface area contributed by atoms with E-state index in [4.69, 9.17) is 15.5 Å². The van der Waals surface area contributed by atoms with Gasteiger partial charge in [-0.05, 0) is 57.1 Å². The number of amides is 2. The molecule has 2 aromatic rings. The maximum atomic E-state index is 13.3. The molecular formula is C27H40Cl2N4O3. The van der Waals surface area contributed by atoms with Crippen molar-refractivity contribution >= 4 is 42.5 Å². The first-order chi connectivity index (χ1) is 16.2. The Morgan fingerprint density at radius 2 is 1.86 bits per heavy atom. The van der Waals surface area contributed by atoms with E-state index in [2.05, 4.69) is 50.4 Å². The maximum absolute atomic E-state index is 13.3. The second-order valence-electron chi connectivity index (χ2n) is 9.51. The standard InChI is InChI=1S/C27H38N4O3.2ClH/c1-6-34-26(32)21-8-7-13-31(16-21)27(33)30-25-19(5)29-23(14-17(2)3)22(15-28)24(25)20-11-9-18(4)10-12-20;;/h9-12,17,21H,6-8,13-16,28H2,1-5H3,(H,30,33);2*1H. The predicted octanol–water partition coefficient (Wildman–Crippen LogP) is 5.67. The van der Waals surface area contributed by atoms with Crippen LogP contribution in [0, 0.1) is 25.7 Å². The third-order valence-electron chi connectivity index (χ3n) is 6.27. The molecule has 1 atom stereocenters. The number of aryl methyl sites for hydroxylation is 2. The number of carbonyl (C=O) groups is 2. The Morgan fingerprint density at radius 1 is 1.19 bits per heavy atom. The molecule has 9 heteroatoms. The van der Waals surface area contributed by atoms with Crippen LogP contribution in [0.15, 0.2) is 24.3 Å². The summed E-state index contributed by atoms with van der Waals surface area (Å²) in [5, 5.41) is 3.13. The summed E-state index contributed by atoms with van der Waals surface area (Å²) < 4.78 is 5.19. The Morgan fingerprint density at radius 3 is 2.44 bits per heavy atom. The molecule has 3 N–H and O–H groups in total. The van der Waals surface area contributed by atoms with Gasteiger partial charge in [-0.1, -0.05) is 43.7 Å². The number of hydrogen-bond donors (Lipinski definition) is 2. The van der Waals surface area contributed by atoms with E-state index >= 15 is 0 Å². The quantitative estimate of drug-likeness (QED) is 0.442. The summed E-state index contributed by atoms with van der Waals surface area (Å²) in [5.41, 5.74) is 12.7. The van der Waals surface area contributed by atoms with Crippen LogP contribution in [0.1, 0.15) is 56.1 Å². The van der Waals surface area contributed by atoms with Crippen molar-refractivity contribution in [3.05, 3.63) is 46.8 Å². The summed E-state index contributed by atoms with van der Waals surface area (Å²) in [6.07, 6.45) is 2.31. The first-order valence-electron chi connectivity index (χ1n) is 12.3. The molecular weight excluding hydrogens is 499 g/mol. The van der Waals surface area contributed by atoms with Gasteiger partial charge in [0.25, 0.3) is 0 Å². The lowest BCUT2D eigenvalue weighted by Gasteiger charge is -2.32. The van der Waals surface area contributed by atoms with Crippen LogP contribution >= 0.6 is 24.8 Å². The van der Waals surface area contributed by atoms with Gasteiger partial charge in [0.15, 0.2) is 0 Å². The predicted molar refractivity (Wildman–Crippen MR) is 150 cm³/mol. The van der Waals surface area contributed by atoms with Crippen molar-refractivity contribution in [2.24, 2.45) is 17.6 Å². The molecule has 1 aromatic heterocycles. The number of rotatable bonds is 7. The molecule has 1 aliphatic rings. The van der Waals surface area contributed by atoms with Crippen LogP contribution < -0.4 is 11.1 Å². The molecule has 2 amide bonds. The second kappa shape index (κ2) is 14.4. The highest BCUT2D eigenvalue weighted by Gasteiger charge is 2.30. The van der Waals surface area contributed by atoms with Gasteiger partial charge in [0.05, 0.1) is 23.9 Å². The van der Waals surface area contributed by atoms with Crippen LogP contribution in [0.5, 0.6) is 0 Å². The van der Waals surface area contributed by atoms with Crippen molar-refractivity contribution in [2.75, 3.05) is 25.0 Å². The number of piperidine rings is 1. The smallest absolute Gasteiger partial charge is 0.321 e. The molecule has 7 nitrogen and oxygen atoms in total. The summed E-state index contributed by atoms with van der Waals surface area (Å²) >= 11 is 0. The maximum Gasteiger partial charge on any atom is 0.321 e. The number of nitrogens with one attached hydrogen (secondary N) is 1. The topological polar surface area (TPSA) is 97.5 Å². The summed E-state index contributed by atoms with van der Waals surface area (Å²) in [7, 11) is 0. The minimum absolute atomic E-state index is 0. The fourth-order valence-corrected chi connectivity index (χ4v) is 4.57. The number of aromatic nitrogens is 1. The highest BCUT2D eigenvalue weighted by atomic mass is 35.5. The van der Waals surface area contributed by atoms with Gasteiger partial charge in [-0.25, -0.2) is 4.79 Å². The molecule has 1 saturated heterocycles. The van der Waals surface area contributed by atoms with Gasteiger partial charge in [-0.2, -0.15) is 0 Å². The summed E-state index contributed by atoms with van der Waals surface area (Å²) in [5.74, 6) is -0.0958. The van der Waals surface area contributed by atoms with E-state index < -0.39 is 0 Å². The number of benzene rings is 1.